The van der Waals surface area contributed by atoms with Gasteiger partial charge in [-0.1, -0.05) is 37.3 Å². The largest absolute Gasteiger partial charge is 0.352 e. The molecule has 1 unspecified atom stereocenters. The second-order valence-corrected chi connectivity index (χ2v) is 7.05. The maximum Gasteiger partial charge on any atom is 0.222 e. The molecule has 0 radical (unpaired) electrons. The molecular formula is C20H30IN7O. The average molecular weight is 511 g/mol. The van der Waals surface area contributed by atoms with Gasteiger partial charge in [0.25, 0.3) is 0 Å². The molecule has 2 aromatic rings. The number of nitrogens with one attached hydrogen (secondary N) is 2. The maximum atomic E-state index is 11.9. The van der Waals surface area contributed by atoms with E-state index in [-0.39, 0.29) is 35.9 Å². The van der Waals surface area contributed by atoms with E-state index in [1.54, 1.807) is 0 Å². The first-order chi connectivity index (χ1) is 13.6. The molecule has 0 saturated carbocycles. The van der Waals surface area contributed by atoms with Gasteiger partial charge >= 0.3 is 0 Å². The fourth-order valence-corrected chi connectivity index (χ4v) is 3.20. The van der Waals surface area contributed by atoms with Gasteiger partial charge in [-0.2, -0.15) is 0 Å². The van der Waals surface area contributed by atoms with E-state index in [1.165, 1.54) is 0 Å². The summed E-state index contributed by atoms with van der Waals surface area (Å²) in [5.41, 5.74) is 1.15. The van der Waals surface area contributed by atoms with E-state index in [0.29, 0.717) is 26.1 Å². The van der Waals surface area contributed by atoms with Crippen molar-refractivity contribution in [3.05, 3.63) is 47.5 Å². The van der Waals surface area contributed by atoms with Gasteiger partial charge in [0.15, 0.2) is 11.8 Å². The molecule has 0 bridgehead atoms. The molecule has 3 rings (SSSR count). The average Bonchev–Trinajstić information content (AvgIpc) is 3.31. The second-order valence-electron chi connectivity index (χ2n) is 7.05. The molecule has 1 aromatic carbocycles. The SMILES string of the molecule is CCC(=O)N1CCC(NC(=NCc2ccccc2)NCc2nnc(C)n2C)C1.I. The monoisotopic (exact) mass is 511 g/mol. The van der Waals surface area contributed by atoms with Crippen molar-refractivity contribution in [2.24, 2.45) is 12.0 Å². The van der Waals surface area contributed by atoms with Crippen molar-refractivity contribution in [3.63, 3.8) is 0 Å². The van der Waals surface area contributed by atoms with Crippen LogP contribution in [0.4, 0.5) is 0 Å². The zero-order chi connectivity index (χ0) is 19.9. The normalized spacial score (nSPS) is 16.4. The van der Waals surface area contributed by atoms with E-state index in [1.807, 2.05) is 48.6 Å². The van der Waals surface area contributed by atoms with Gasteiger partial charge in [-0.3, -0.25) is 4.79 Å². The summed E-state index contributed by atoms with van der Waals surface area (Å²) in [6, 6.07) is 10.3. The lowest BCUT2D eigenvalue weighted by atomic mass is 10.2. The Morgan fingerprint density at radius 1 is 1.28 bits per heavy atom. The number of aliphatic imine (C=N–C) groups is 1. The Balaban J connectivity index is 0.00000300. The van der Waals surface area contributed by atoms with Crippen LogP contribution < -0.4 is 10.6 Å². The summed E-state index contributed by atoms with van der Waals surface area (Å²) >= 11 is 0. The standard InChI is InChI=1S/C20H29N7O.HI/c1-4-19(28)27-11-10-17(14-27)23-20(21-12-16-8-6-5-7-9-16)22-13-18-25-24-15(2)26(18)3;/h5-9,17H,4,10-14H2,1-3H3,(H2,21,22,23);1H. The highest BCUT2D eigenvalue weighted by Gasteiger charge is 2.25. The third-order valence-electron chi connectivity index (χ3n) is 5.04. The highest BCUT2D eigenvalue weighted by Crippen LogP contribution is 2.10. The van der Waals surface area contributed by atoms with Gasteiger partial charge in [0.05, 0.1) is 13.1 Å². The van der Waals surface area contributed by atoms with Crippen LogP contribution in [-0.4, -0.2) is 50.7 Å². The van der Waals surface area contributed by atoms with Crippen molar-refractivity contribution in [2.45, 2.75) is 45.8 Å². The van der Waals surface area contributed by atoms with Gasteiger partial charge < -0.3 is 20.1 Å². The molecule has 2 heterocycles. The minimum absolute atomic E-state index is 0. The molecule has 1 saturated heterocycles. The first kappa shape index (κ1) is 23.1. The van der Waals surface area contributed by atoms with Crippen molar-refractivity contribution >= 4 is 35.8 Å². The zero-order valence-electron chi connectivity index (χ0n) is 17.3. The number of benzene rings is 1. The van der Waals surface area contributed by atoms with E-state index in [2.05, 4.69) is 33.0 Å². The molecule has 0 spiro atoms. The van der Waals surface area contributed by atoms with Gasteiger partial charge in [-0.25, -0.2) is 4.99 Å². The Kier molecular flexibility index (Phi) is 8.87. The fraction of sp³-hybridized carbons (Fsp3) is 0.500. The van der Waals surface area contributed by atoms with Crippen LogP contribution in [0.5, 0.6) is 0 Å². The van der Waals surface area contributed by atoms with E-state index in [0.717, 1.165) is 36.1 Å². The fourth-order valence-electron chi connectivity index (χ4n) is 3.20. The Morgan fingerprint density at radius 3 is 2.69 bits per heavy atom. The molecule has 1 atom stereocenters. The smallest absolute Gasteiger partial charge is 0.222 e. The highest BCUT2D eigenvalue weighted by molar-refractivity contribution is 14.0. The Hall–Kier alpha value is -2.17. The van der Waals surface area contributed by atoms with Crippen LogP contribution in [0.3, 0.4) is 0 Å². The predicted molar refractivity (Wildman–Crippen MR) is 124 cm³/mol. The lowest BCUT2D eigenvalue weighted by Crippen LogP contribution is -2.45. The molecule has 158 valence electrons. The quantitative estimate of drug-likeness (QED) is 0.352. The molecular weight excluding hydrogens is 481 g/mol. The molecule has 1 aliphatic rings. The summed E-state index contributed by atoms with van der Waals surface area (Å²) in [6.07, 6.45) is 1.46. The second kappa shape index (κ2) is 11.1. The van der Waals surface area contributed by atoms with E-state index < -0.39 is 0 Å². The Labute approximate surface area is 189 Å². The number of rotatable bonds is 6. The van der Waals surface area contributed by atoms with Crippen LogP contribution in [0, 0.1) is 6.92 Å². The van der Waals surface area contributed by atoms with Gasteiger partial charge in [0.2, 0.25) is 5.91 Å². The summed E-state index contributed by atoms with van der Waals surface area (Å²) in [5.74, 6) is 2.65. The third-order valence-corrected chi connectivity index (χ3v) is 5.04. The van der Waals surface area contributed by atoms with Crippen LogP contribution in [0.1, 0.15) is 37.0 Å². The molecule has 0 aliphatic carbocycles. The summed E-state index contributed by atoms with van der Waals surface area (Å²) in [5, 5.41) is 15.1. The van der Waals surface area contributed by atoms with Crippen molar-refractivity contribution in [1.82, 2.24) is 30.3 Å². The van der Waals surface area contributed by atoms with Crippen LogP contribution in [-0.2, 0) is 24.9 Å². The first-order valence-corrected chi connectivity index (χ1v) is 9.78. The molecule has 1 aliphatic heterocycles. The minimum atomic E-state index is 0. The molecule has 1 amide bonds. The lowest BCUT2D eigenvalue weighted by Gasteiger charge is -2.19. The van der Waals surface area contributed by atoms with Crippen LogP contribution in [0.25, 0.3) is 0 Å². The van der Waals surface area contributed by atoms with Crippen molar-refractivity contribution in [2.75, 3.05) is 13.1 Å². The van der Waals surface area contributed by atoms with Gasteiger partial charge in [0, 0.05) is 32.6 Å². The summed E-state index contributed by atoms with van der Waals surface area (Å²) in [6.45, 7) is 6.44. The topological polar surface area (TPSA) is 87.4 Å². The van der Waals surface area contributed by atoms with Gasteiger partial charge in [-0.05, 0) is 18.9 Å². The molecule has 1 fully saturated rings. The molecule has 8 nitrogen and oxygen atoms in total. The number of nitrogens with zero attached hydrogens (tertiary/aromatic N) is 5. The third kappa shape index (κ3) is 6.41. The first-order valence-electron chi connectivity index (χ1n) is 9.78. The number of carbonyl (C=O) groups is 1. The van der Waals surface area contributed by atoms with E-state index in [4.69, 9.17) is 4.99 Å². The van der Waals surface area contributed by atoms with Gasteiger partial charge in [0.1, 0.15) is 5.82 Å². The zero-order valence-corrected chi connectivity index (χ0v) is 19.6. The van der Waals surface area contributed by atoms with Crippen LogP contribution >= 0.6 is 24.0 Å². The van der Waals surface area contributed by atoms with Crippen LogP contribution in [0.2, 0.25) is 0 Å². The number of aromatic nitrogens is 3. The summed E-state index contributed by atoms with van der Waals surface area (Å²) in [4.78, 5) is 18.6. The van der Waals surface area contributed by atoms with Crippen LogP contribution in [0.15, 0.2) is 35.3 Å². The molecule has 1 aromatic heterocycles. The Morgan fingerprint density at radius 2 is 2.03 bits per heavy atom. The van der Waals surface area contributed by atoms with Gasteiger partial charge in [-0.15, -0.1) is 34.2 Å². The highest BCUT2D eigenvalue weighted by atomic mass is 127. The number of hydrogen-bond acceptors (Lipinski definition) is 4. The van der Waals surface area contributed by atoms with E-state index >= 15 is 0 Å². The van der Waals surface area contributed by atoms with Crippen molar-refractivity contribution in [1.29, 1.82) is 0 Å². The summed E-state index contributed by atoms with van der Waals surface area (Å²) in [7, 11) is 1.95. The lowest BCUT2D eigenvalue weighted by molar-refractivity contribution is -0.129. The number of halogens is 1. The molecule has 29 heavy (non-hydrogen) atoms. The minimum Gasteiger partial charge on any atom is -0.352 e. The Bertz CT molecular complexity index is 821. The molecule has 2 N–H and O–H groups in total. The van der Waals surface area contributed by atoms with Crippen molar-refractivity contribution < 1.29 is 4.79 Å². The maximum absolute atomic E-state index is 11.9. The van der Waals surface area contributed by atoms with Crippen molar-refractivity contribution in [3.8, 4) is 0 Å². The number of carbonyl (C=O) groups excluding carboxylic acids is 1. The number of aryl methyl sites for hydroxylation is 1. The van der Waals surface area contributed by atoms with E-state index in [9.17, 15) is 4.79 Å². The summed E-state index contributed by atoms with van der Waals surface area (Å²) < 4.78 is 1.96. The number of hydrogen-bond donors (Lipinski definition) is 2. The molecule has 9 heteroatoms. The number of amides is 1. The number of guanidine groups is 1. The predicted octanol–water partition coefficient (Wildman–Crippen LogP) is 1.99. The number of likely N-dealkylation sites (tertiary alicyclic amines) is 1.